The Morgan fingerprint density at radius 1 is 1.67 bits per heavy atom. The Labute approximate surface area is 54.2 Å². The van der Waals surface area contributed by atoms with Crippen LogP contribution in [0.3, 0.4) is 0 Å². The molecule has 3 N–H and O–H groups in total. The molecule has 0 aromatic carbocycles. The molecule has 0 aliphatic carbocycles. The first-order chi connectivity index (χ1) is 4.31. The van der Waals surface area contributed by atoms with Crippen LogP contribution in [0.2, 0.25) is 0 Å². The van der Waals surface area contributed by atoms with E-state index < -0.39 is 0 Å². The largest absolute Gasteiger partial charge is 0.396 e. The fraction of sp³-hybridized carbons (Fsp3) is 0.500. The highest BCUT2D eigenvalue weighted by molar-refractivity contribution is 5.89. The highest BCUT2D eigenvalue weighted by Crippen LogP contribution is 1.81. The average molecular weight is 129 g/mol. The van der Waals surface area contributed by atoms with E-state index in [1.807, 2.05) is 0 Å². The first-order valence-electron chi connectivity index (χ1n) is 2.81. The van der Waals surface area contributed by atoms with Gasteiger partial charge >= 0.3 is 0 Å². The number of aliphatic hydroxyl groups is 1. The van der Waals surface area contributed by atoms with E-state index in [9.17, 15) is 4.79 Å². The van der Waals surface area contributed by atoms with Crippen LogP contribution >= 0.6 is 0 Å². The first-order valence-corrected chi connectivity index (χ1v) is 2.81. The maximum absolute atomic E-state index is 10.5. The van der Waals surface area contributed by atoms with Crippen LogP contribution in [0.1, 0.15) is 6.42 Å². The molecule has 0 aromatic heterocycles. The number of hydrogen-bond acceptors (Lipinski definition) is 3. The van der Waals surface area contributed by atoms with Crippen molar-refractivity contribution in [2.75, 3.05) is 13.2 Å². The molecular formula is C6H11NO2. The second-order valence-electron chi connectivity index (χ2n) is 1.58. The molecule has 9 heavy (non-hydrogen) atoms. The zero-order valence-electron chi connectivity index (χ0n) is 5.21. The smallest absolute Gasteiger partial charge is 0.157 e. The molecule has 0 saturated carbocycles. The second kappa shape index (κ2) is 5.47. The summed E-state index contributed by atoms with van der Waals surface area (Å²) in [7, 11) is 0. The second-order valence-corrected chi connectivity index (χ2v) is 1.58. The quantitative estimate of drug-likeness (QED) is 0.501. The monoisotopic (exact) mass is 129 g/mol. The summed E-state index contributed by atoms with van der Waals surface area (Å²) in [6, 6.07) is 0. The lowest BCUT2D eigenvalue weighted by Gasteiger charge is -1.86. The van der Waals surface area contributed by atoms with Gasteiger partial charge < -0.3 is 10.8 Å². The number of rotatable bonds is 4. The highest BCUT2D eigenvalue weighted by Gasteiger charge is 1.90. The van der Waals surface area contributed by atoms with Crippen molar-refractivity contribution in [1.82, 2.24) is 0 Å². The summed E-state index contributed by atoms with van der Waals surface area (Å²) in [5.74, 6) is -0.0806. The molecule has 3 heteroatoms. The van der Waals surface area contributed by atoms with Gasteiger partial charge in [0.1, 0.15) is 0 Å². The third-order valence-electron chi connectivity index (χ3n) is 0.798. The van der Waals surface area contributed by atoms with Crippen LogP contribution in [0.5, 0.6) is 0 Å². The number of nitrogens with two attached hydrogens (primary N) is 1. The van der Waals surface area contributed by atoms with Gasteiger partial charge in [-0.05, 0) is 6.08 Å². The van der Waals surface area contributed by atoms with Gasteiger partial charge in [0.05, 0.1) is 6.61 Å². The van der Waals surface area contributed by atoms with Gasteiger partial charge in [-0.2, -0.15) is 0 Å². The van der Waals surface area contributed by atoms with Crippen molar-refractivity contribution in [3.05, 3.63) is 12.2 Å². The van der Waals surface area contributed by atoms with Gasteiger partial charge in [0.2, 0.25) is 0 Å². The third-order valence-corrected chi connectivity index (χ3v) is 0.798. The van der Waals surface area contributed by atoms with Crippen molar-refractivity contribution in [3.63, 3.8) is 0 Å². The van der Waals surface area contributed by atoms with E-state index in [0.29, 0.717) is 6.54 Å². The zero-order valence-corrected chi connectivity index (χ0v) is 5.21. The van der Waals surface area contributed by atoms with Gasteiger partial charge in [-0.15, -0.1) is 0 Å². The fourth-order valence-corrected chi connectivity index (χ4v) is 0.393. The summed E-state index contributed by atoms with van der Waals surface area (Å²) in [6.45, 7) is 0.283. The molecule has 0 radical (unpaired) electrons. The van der Waals surface area contributed by atoms with Crippen LogP contribution in [0.25, 0.3) is 0 Å². The normalized spacial score (nSPS) is 10.4. The molecule has 0 amide bonds. The van der Waals surface area contributed by atoms with Crippen molar-refractivity contribution in [3.8, 4) is 0 Å². The predicted octanol–water partition coefficient (Wildman–Crippen LogP) is -0.547. The number of ketones is 1. The lowest BCUT2D eigenvalue weighted by Crippen LogP contribution is -1.98. The summed E-state index contributed by atoms with van der Waals surface area (Å²) >= 11 is 0. The van der Waals surface area contributed by atoms with Crippen molar-refractivity contribution in [1.29, 1.82) is 0 Å². The van der Waals surface area contributed by atoms with Crippen LogP contribution in [-0.4, -0.2) is 24.0 Å². The molecule has 0 bridgehead atoms. The molecule has 0 unspecified atom stereocenters. The van der Waals surface area contributed by atoms with Crippen LogP contribution < -0.4 is 5.73 Å². The van der Waals surface area contributed by atoms with Crippen LogP contribution in [0, 0.1) is 0 Å². The Hall–Kier alpha value is -0.670. The highest BCUT2D eigenvalue weighted by atomic mass is 16.3. The van der Waals surface area contributed by atoms with Gasteiger partial charge in [-0.25, -0.2) is 0 Å². The zero-order chi connectivity index (χ0) is 7.11. The van der Waals surface area contributed by atoms with Gasteiger partial charge in [0.15, 0.2) is 5.78 Å². The van der Waals surface area contributed by atoms with Crippen LogP contribution in [-0.2, 0) is 4.79 Å². The van der Waals surface area contributed by atoms with Gasteiger partial charge in [-0.3, -0.25) is 4.79 Å². The maximum Gasteiger partial charge on any atom is 0.157 e. The molecule has 3 nitrogen and oxygen atoms in total. The number of allylic oxidation sites excluding steroid dienone is 1. The Morgan fingerprint density at radius 2 is 2.33 bits per heavy atom. The molecule has 0 saturated heterocycles. The Kier molecular flexibility index (Phi) is 5.06. The average Bonchev–Trinajstić information content (AvgIpc) is 1.85. The summed E-state index contributed by atoms with van der Waals surface area (Å²) < 4.78 is 0. The third kappa shape index (κ3) is 5.20. The van der Waals surface area contributed by atoms with Crippen molar-refractivity contribution < 1.29 is 9.90 Å². The summed E-state index contributed by atoms with van der Waals surface area (Å²) in [5, 5.41) is 8.25. The predicted molar refractivity (Wildman–Crippen MR) is 34.9 cm³/mol. The molecule has 0 aliphatic heterocycles. The van der Waals surface area contributed by atoms with E-state index >= 15 is 0 Å². The lowest BCUT2D eigenvalue weighted by molar-refractivity contribution is -0.115. The van der Waals surface area contributed by atoms with Crippen molar-refractivity contribution in [2.45, 2.75) is 6.42 Å². The molecular weight excluding hydrogens is 118 g/mol. The van der Waals surface area contributed by atoms with Gasteiger partial charge in [0.25, 0.3) is 0 Å². The number of carbonyl (C=O) groups excluding carboxylic acids is 1. The summed E-state index contributed by atoms with van der Waals surface area (Å²) in [5.41, 5.74) is 5.07. The molecule has 0 aliphatic rings. The molecule has 0 aromatic rings. The fourth-order valence-electron chi connectivity index (χ4n) is 0.393. The number of hydrogen-bond donors (Lipinski definition) is 2. The molecule has 0 fully saturated rings. The minimum absolute atomic E-state index is 0.0806. The Morgan fingerprint density at radius 3 is 2.78 bits per heavy atom. The topological polar surface area (TPSA) is 63.3 Å². The van der Waals surface area contributed by atoms with E-state index in [0.717, 1.165) is 0 Å². The van der Waals surface area contributed by atoms with Crippen molar-refractivity contribution >= 4 is 5.78 Å². The number of carbonyl (C=O) groups is 1. The van der Waals surface area contributed by atoms with Gasteiger partial charge in [0, 0.05) is 13.0 Å². The molecule has 0 atom stereocenters. The Bertz CT molecular complexity index is 110. The SMILES string of the molecule is NCC=CC(=O)CCO. The maximum atomic E-state index is 10.5. The molecule has 0 spiro atoms. The first kappa shape index (κ1) is 8.33. The van der Waals surface area contributed by atoms with E-state index in [1.165, 1.54) is 6.08 Å². The summed E-state index contributed by atoms with van der Waals surface area (Å²) in [4.78, 5) is 10.5. The standard InChI is InChI=1S/C6H11NO2/c7-4-1-2-6(9)3-5-8/h1-2,8H,3-5,7H2. The molecule has 52 valence electrons. The van der Waals surface area contributed by atoms with E-state index in [2.05, 4.69) is 0 Å². The van der Waals surface area contributed by atoms with E-state index in [1.54, 1.807) is 6.08 Å². The van der Waals surface area contributed by atoms with Crippen molar-refractivity contribution in [2.24, 2.45) is 5.73 Å². The van der Waals surface area contributed by atoms with E-state index in [4.69, 9.17) is 10.8 Å². The summed E-state index contributed by atoms with van der Waals surface area (Å²) in [6.07, 6.45) is 3.14. The van der Waals surface area contributed by atoms with Gasteiger partial charge in [-0.1, -0.05) is 6.08 Å². The Balaban J connectivity index is 3.37. The number of aliphatic hydroxyl groups excluding tert-OH is 1. The van der Waals surface area contributed by atoms with Crippen LogP contribution in [0.15, 0.2) is 12.2 Å². The van der Waals surface area contributed by atoms with E-state index in [-0.39, 0.29) is 18.8 Å². The van der Waals surface area contributed by atoms with Crippen LogP contribution in [0.4, 0.5) is 0 Å². The minimum Gasteiger partial charge on any atom is -0.396 e. The molecule has 0 heterocycles. The minimum atomic E-state index is -0.0895. The molecule has 0 rings (SSSR count). The lowest BCUT2D eigenvalue weighted by atomic mass is 10.3.